The quantitative estimate of drug-likeness (QED) is 0.625. The van der Waals surface area contributed by atoms with E-state index >= 15 is 0 Å². The number of benzene rings is 2. The van der Waals surface area contributed by atoms with Crippen LogP contribution in [0.25, 0.3) is 0 Å². The molecule has 2 aromatic carbocycles. The highest BCUT2D eigenvalue weighted by molar-refractivity contribution is 8.42. The molecule has 0 radical (unpaired) electrons. The smallest absolute Gasteiger partial charge is 0.264 e. The predicted molar refractivity (Wildman–Crippen MR) is 118 cm³/mol. The number of hydrogen-bond acceptors (Lipinski definition) is 8. The number of rotatable bonds is 8. The minimum absolute atomic E-state index is 0.0984. The summed E-state index contributed by atoms with van der Waals surface area (Å²) in [7, 11) is -3.80. The Morgan fingerprint density at radius 3 is 2.57 bits per heavy atom. The summed E-state index contributed by atoms with van der Waals surface area (Å²) >= 11 is 0.982. The summed E-state index contributed by atoms with van der Waals surface area (Å²) < 4.78 is 34.1. The molecule has 1 unspecified atom stereocenters. The molecule has 2 heterocycles. The van der Waals surface area contributed by atoms with Gasteiger partial charge in [0.25, 0.3) is 10.0 Å². The average Bonchev–Trinajstić information content (AvgIpc) is 3.31. The van der Waals surface area contributed by atoms with Crippen LogP contribution in [-0.4, -0.2) is 42.7 Å². The highest BCUT2D eigenvalue weighted by Gasteiger charge is 2.36. The Labute approximate surface area is 179 Å². The van der Waals surface area contributed by atoms with Crippen molar-refractivity contribution in [2.24, 2.45) is 15.2 Å². The van der Waals surface area contributed by atoms with Gasteiger partial charge in [-0.25, -0.2) is 18.6 Å². The zero-order valence-corrected chi connectivity index (χ0v) is 17.8. The topological polar surface area (TPSA) is 107 Å². The van der Waals surface area contributed by atoms with E-state index in [9.17, 15) is 8.42 Å². The van der Waals surface area contributed by atoms with Gasteiger partial charge in [0.05, 0.1) is 32.4 Å². The molecule has 0 fully saturated rings. The number of ether oxygens (including phenoxy) is 2. The Kier molecular flexibility index (Phi) is 6.38. The van der Waals surface area contributed by atoms with E-state index in [0.717, 1.165) is 35.1 Å². The first-order chi connectivity index (χ1) is 14.5. The molecule has 0 bridgehead atoms. The molecule has 0 spiro atoms. The fourth-order valence-electron chi connectivity index (χ4n) is 3.04. The molecule has 0 amide bonds. The molecular formula is C20H22N4O4S2. The maximum Gasteiger partial charge on any atom is 0.264 e. The van der Waals surface area contributed by atoms with Crippen LogP contribution < -0.4 is 9.88 Å². The number of hydrazone groups is 1. The van der Waals surface area contributed by atoms with Gasteiger partial charge in [0, 0.05) is 6.42 Å². The molecule has 2 aliphatic heterocycles. The second-order valence-electron chi connectivity index (χ2n) is 6.83. The summed E-state index contributed by atoms with van der Waals surface area (Å²) in [5, 5.41) is 11.3. The molecule has 2 aromatic rings. The molecule has 0 saturated heterocycles. The van der Waals surface area contributed by atoms with E-state index in [1.165, 1.54) is 0 Å². The van der Waals surface area contributed by atoms with Gasteiger partial charge in [0.1, 0.15) is 5.75 Å². The van der Waals surface area contributed by atoms with Gasteiger partial charge in [0.2, 0.25) is 4.38 Å². The van der Waals surface area contributed by atoms with Crippen molar-refractivity contribution in [3.8, 4) is 5.75 Å². The summed E-state index contributed by atoms with van der Waals surface area (Å²) in [5.74, 6) is 0.789. The summed E-state index contributed by atoms with van der Waals surface area (Å²) in [6.07, 6.45) is 0.807. The molecule has 0 aliphatic carbocycles. The lowest BCUT2D eigenvalue weighted by Crippen LogP contribution is -2.20. The normalized spacial score (nSPS) is 18.2. The van der Waals surface area contributed by atoms with Crippen LogP contribution >= 0.6 is 11.8 Å². The van der Waals surface area contributed by atoms with Crippen LogP contribution in [0.2, 0.25) is 0 Å². The average molecular weight is 447 g/mol. The van der Waals surface area contributed by atoms with E-state index in [1.54, 1.807) is 5.01 Å². The van der Waals surface area contributed by atoms with E-state index in [-0.39, 0.29) is 10.4 Å². The van der Waals surface area contributed by atoms with Gasteiger partial charge in [-0.3, -0.25) is 4.99 Å². The first kappa shape index (κ1) is 20.9. The van der Waals surface area contributed by atoms with Gasteiger partial charge in [0.15, 0.2) is 5.17 Å². The van der Waals surface area contributed by atoms with Crippen LogP contribution in [-0.2, 0) is 21.4 Å². The second kappa shape index (κ2) is 9.17. The number of aliphatic imine (C=N–C) groups is 1. The Hall–Kier alpha value is -2.40. The summed E-state index contributed by atoms with van der Waals surface area (Å²) in [6.45, 7) is 2.31. The van der Waals surface area contributed by atoms with Gasteiger partial charge in [-0.05, 0) is 35.0 Å². The Bertz CT molecular complexity index is 1040. The number of sulfonamides is 1. The van der Waals surface area contributed by atoms with Crippen molar-refractivity contribution < 1.29 is 17.9 Å². The zero-order chi connectivity index (χ0) is 21.0. The van der Waals surface area contributed by atoms with Crippen LogP contribution in [0.15, 0.2) is 64.7 Å². The molecule has 2 N–H and O–H groups in total. The van der Waals surface area contributed by atoms with E-state index in [1.807, 2.05) is 54.6 Å². The Morgan fingerprint density at radius 1 is 1.10 bits per heavy atom. The molecule has 1 atom stereocenters. The number of fused-ring (bicyclic) bond motifs is 1. The molecule has 0 saturated carbocycles. The van der Waals surface area contributed by atoms with E-state index < -0.39 is 10.0 Å². The van der Waals surface area contributed by atoms with Crippen molar-refractivity contribution >= 4 is 31.3 Å². The van der Waals surface area contributed by atoms with Crippen molar-refractivity contribution in [3.63, 3.8) is 0 Å². The van der Waals surface area contributed by atoms with Crippen LogP contribution in [0.5, 0.6) is 5.75 Å². The van der Waals surface area contributed by atoms with Crippen molar-refractivity contribution in [2.45, 2.75) is 19.1 Å². The fourth-order valence-corrected chi connectivity index (χ4v) is 4.64. The van der Waals surface area contributed by atoms with Crippen LogP contribution in [0.4, 0.5) is 0 Å². The highest BCUT2D eigenvalue weighted by atomic mass is 32.3. The monoisotopic (exact) mass is 446 g/mol. The van der Waals surface area contributed by atoms with E-state index in [2.05, 4.69) is 10.1 Å². The third kappa shape index (κ3) is 5.20. The largest absolute Gasteiger partial charge is 0.494 e. The van der Waals surface area contributed by atoms with Gasteiger partial charge >= 0.3 is 0 Å². The van der Waals surface area contributed by atoms with Crippen LogP contribution in [0, 0.1) is 0 Å². The molecule has 0 aromatic heterocycles. The molecule has 10 heteroatoms. The van der Waals surface area contributed by atoms with Gasteiger partial charge in [-0.1, -0.05) is 42.5 Å². The maximum absolute atomic E-state index is 11.4. The number of hydrogen-bond donors (Lipinski definition) is 1. The first-order valence-electron chi connectivity index (χ1n) is 9.48. The summed E-state index contributed by atoms with van der Waals surface area (Å²) in [4.78, 5) is 4.55. The van der Waals surface area contributed by atoms with Gasteiger partial charge < -0.3 is 9.47 Å². The third-order valence-electron chi connectivity index (χ3n) is 4.54. The predicted octanol–water partition coefficient (Wildman–Crippen LogP) is 2.69. The van der Waals surface area contributed by atoms with Crippen molar-refractivity contribution in [1.82, 2.24) is 5.01 Å². The number of nitrogens with zero attached hydrogens (tertiary/aromatic N) is 3. The maximum atomic E-state index is 11.4. The van der Waals surface area contributed by atoms with Gasteiger partial charge in [-0.15, -0.1) is 5.10 Å². The Morgan fingerprint density at radius 2 is 1.87 bits per heavy atom. The number of amidine groups is 1. The minimum atomic E-state index is -3.80. The number of thioether (sulfide) groups is 1. The van der Waals surface area contributed by atoms with Gasteiger partial charge in [-0.2, -0.15) is 0 Å². The molecule has 158 valence electrons. The number of primary sulfonamides is 1. The molecule has 30 heavy (non-hydrogen) atoms. The lowest BCUT2D eigenvalue weighted by molar-refractivity contribution is 0.107. The minimum Gasteiger partial charge on any atom is -0.494 e. The Balaban J connectivity index is 1.20. The highest BCUT2D eigenvalue weighted by Crippen LogP contribution is 2.34. The van der Waals surface area contributed by atoms with Crippen LogP contribution in [0.3, 0.4) is 0 Å². The van der Waals surface area contributed by atoms with Crippen molar-refractivity contribution in [2.75, 3.05) is 19.8 Å². The summed E-state index contributed by atoms with van der Waals surface area (Å²) in [5.41, 5.74) is 2.18. The van der Waals surface area contributed by atoms with Crippen molar-refractivity contribution in [3.05, 3.63) is 65.7 Å². The van der Waals surface area contributed by atoms with Crippen molar-refractivity contribution in [1.29, 1.82) is 0 Å². The standard InChI is InChI=1S/C20H22N4O4S2/c21-30(25,26)20-23-24-13-18(22-19(24)29-20)16-7-9-17(10-8-16)28-12-4-11-27-14-15-5-2-1-3-6-15/h1-3,5-10,18H,4,11-14H2,(H2,21,25,26). The fraction of sp³-hybridized carbons (Fsp3) is 0.300. The summed E-state index contributed by atoms with van der Waals surface area (Å²) in [6, 6.07) is 17.7. The molecular weight excluding hydrogens is 424 g/mol. The lowest BCUT2D eigenvalue weighted by atomic mass is 10.1. The second-order valence-corrected chi connectivity index (χ2v) is 9.52. The van der Waals surface area contributed by atoms with E-state index in [0.29, 0.717) is 31.5 Å². The van der Waals surface area contributed by atoms with E-state index in [4.69, 9.17) is 14.6 Å². The molecule has 2 aliphatic rings. The number of nitrogens with two attached hydrogens (primary N) is 1. The molecule has 8 nitrogen and oxygen atoms in total. The zero-order valence-electron chi connectivity index (χ0n) is 16.2. The molecule has 4 rings (SSSR count). The van der Waals surface area contributed by atoms with Crippen LogP contribution in [0.1, 0.15) is 23.6 Å². The lowest BCUT2D eigenvalue weighted by Gasteiger charge is -2.11. The SMILES string of the molecule is NS(=O)(=O)C1=NN2CC(c3ccc(OCCCOCc4ccccc4)cc3)N=C2S1. The third-order valence-corrected chi connectivity index (χ3v) is 6.81. The first-order valence-corrected chi connectivity index (χ1v) is 11.8.